The minimum Gasteiger partial charge on any atom is -0.491 e. The molecule has 0 aromatic heterocycles. The van der Waals surface area contributed by atoms with Crippen molar-refractivity contribution in [3.8, 4) is 5.75 Å². The number of hydrogen-bond acceptors (Lipinski definition) is 4. The Labute approximate surface area is 112 Å². The summed E-state index contributed by atoms with van der Waals surface area (Å²) in [7, 11) is 0. The molecule has 19 heavy (non-hydrogen) atoms. The number of fused-ring (bicyclic) bond motifs is 1. The molecule has 1 aromatic rings. The number of aryl methyl sites for hydroxylation is 1. The average molecular weight is 262 g/mol. The van der Waals surface area contributed by atoms with Gasteiger partial charge in [-0.2, -0.15) is 0 Å². The summed E-state index contributed by atoms with van der Waals surface area (Å²) >= 11 is 0. The minimum atomic E-state index is 0.0485. The number of carbonyl (C=O) groups is 1. The van der Waals surface area contributed by atoms with Gasteiger partial charge in [-0.15, -0.1) is 0 Å². The summed E-state index contributed by atoms with van der Waals surface area (Å²) in [5, 5.41) is 2.86. The minimum absolute atomic E-state index is 0.0485. The monoisotopic (exact) mass is 262 g/mol. The van der Waals surface area contributed by atoms with Gasteiger partial charge < -0.3 is 20.5 Å². The SMILES string of the molecule is Nc1cc2c(cc1OCC1CCOC1)NC(=O)CC2. The van der Waals surface area contributed by atoms with Crippen molar-refractivity contribution in [2.24, 2.45) is 5.92 Å². The first-order chi connectivity index (χ1) is 9.22. The molecule has 3 rings (SSSR count). The van der Waals surface area contributed by atoms with E-state index in [0.717, 1.165) is 37.3 Å². The quantitative estimate of drug-likeness (QED) is 0.811. The Balaban J connectivity index is 1.73. The standard InChI is InChI=1S/C14H18N2O3/c15-11-5-10-1-2-14(17)16-12(10)6-13(11)19-8-9-3-4-18-7-9/h5-6,9H,1-4,7-8,15H2,(H,16,17). The van der Waals surface area contributed by atoms with E-state index >= 15 is 0 Å². The third kappa shape index (κ3) is 2.66. The summed E-state index contributed by atoms with van der Waals surface area (Å²) in [5.74, 6) is 1.13. The molecule has 3 N–H and O–H groups in total. The summed E-state index contributed by atoms with van der Waals surface area (Å²) in [5.41, 5.74) is 8.53. The summed E-state index contributed by atoms with van der Waals surface area (Å²) in [6, 6.07) is 3.73. The highest BCUT2D eigenvalue weighted by molar-refractivity contribution is 5.94. The number of anilines is 2. The maximum atomic E-state index is 11.4. The van der Waals surface area contributed by atoms with Crippen LogP contribution in [0.1, 0.15) is 18.4 Å². The molecule has 2 aliphatic heterocycles. The zero-order valence-electron chi connectivity index (χ0n) is 10.8. The molecule has 5 nitrogen and oxygen atoms in total. The molecule has 0 aliphatic carbocycles. The smallest absolute Gasteiger partial charge is 0.224 e. The van der Waals surface area contributed by atoms with Crippen molar-refractivity contribution in [3.05, 3.63) is 17.7 Å². The Bertz CT molecular complexity index is 496. The van der Waals surface area contributed by atoms with Crippen molar-refractivity contribution in [2.75, 3.05) is 30.9 Å². The lowest BCUT2D eigenvalue weighted by molar-refractivity contribution is -0.116. The first kappa shape index (κ1) is 12.3. The summed E-state index contributed by atoms with van der Waals surface area (Å²) < 4.78 is 11.1. The molecule has 2 aliphatic rings. The molecule has 2 heterocycles. The number of amides is 1. The van der Waals surface area contributed by atoms with Gasteiger partial charge in [-0.05, 0) is 24.5 Å². The van der Waals surface area contributed by atoms with Crippen LogP contribution < -0.4 is 15.8 Å². The molecular formula is C14H18N2O3. The number of carbonyl (C=O) groups excluding carboxylic acids is 1. The van der Waals surface area contributed by atoms with Crippen molar-refractivity contribution in [1.82, 2.24) is 0 Å². The summed E-state index contributed by atoms with van der Waals surface area (Å²) in [6.07, 6.45) is 2.29. The van der Waals surface area contributed by atoms with E-state index in [1.165, 1.54) is 0 Å². The molecule has 0 radical (unpaired) electrons. The lowest BCUT2D eigenvalue weighted by atomic mass is 10.0. The Hall–Kier alpha value is -1.75. The van der Waals surface area contributed by atoms with Crippen molar-refractivity contribution in [3.63, 3.8) is 0 Å². The van der Waals surface area contributed by atoms with Gasteiger partial charge in [0.15, 0.2) is 0 Å². The van der Waals surface area contributed by atoms with E-state index in [-0.39, 0.29) is 5.91 Å². The second-order valence-corrected chi connectivity index (χ2v) is 5.14. The molecule has 1 amide bonds. The van der Waals surface area contributed by atoms with Crippen LogP contribution in [0.25, 0.3) is 0 Å². The lowest BCUT2D eigenvalue weighted by Gasteiger charge is -2.20. The molecule has 1 aromatic carbocycles. The lowest BCUT2D eigenvalue weighted by Crippen LogP contribution is -2.19. The van der Waals surface area contributed by atoms with Crippen LogP contribution in [0.4, 0.5) is 11.4 Å². The van der Waals surface area contributed by atoms with E-state index in [2.05, 4.69) is 5.32 Å². The zero-order valence-corrected chi connectivity index (χ0v) is 10.8. The molecule has 1 unspecified atom stereocenters. The van der Waals surface area contributed by atoms with Gasteiger partial charge in [0, 0.05) is 30.7 Å². The third-order valence-corrected chi connectivity index (χ3v) is 3.63. The van der Waals surface area contributed by atoms with Gasteiger partial charge in [0.25, 0.3) is 0 Å². The number of rotatable bonds is 3. The van der Waals surface area contributed by atoms with Gasteiger partial charge in [-0.3, -0.25) is 4.79 Å². The molecule has 1 saturated heterocycles. The van der Waals surface area contributed by atoms with Gasteiger partial charge in [0.2, 0.25) is 5.91 Å². The van der Waals surface area contributed by atoms with Crippen molar-refractivity contribution in [1.29, 1.82) is 0 Å². The molecule has 0 bridgehead atoms. The Morgan fingerprint density at radius 3 is 3.11 bits per heavy atom. The highest BCUT2D eigenvalue weighted by Crippen LogP contribution is 2.33. The van der Waals surface area contributed by atoms with Crippen molar-refractivity contribution in [2.45, 2.75) is 19.3 Å². The molecule has 102 valence electrons. The third-order valence-electron chi connectivity index (χ3n) is 3.63. The van der Waals surface area contributed by atoms with E-state index < -0.39 is 0 Å². The predicted molar refractivity (Wildman–Crippen MR) is 72.2 cm³/mol. The second-order valence-electron chi connectivity index (χ2n) is 5.14. The molecule has 5 heteroatoms. The van der Waals surface area contributed by atoms with Crippen LogP contribution in [0.3, 0.4) is 0 Å². The average Bonchev–Trinajstić information content (AvgIpc) is 2.90. The van der Waals surface area contributed by atoms with Crippen LogP contribution >= 0.6 is 0 Å². The summed E-state index contributed by atoms with van der Waals surface area (Å²) in [4.78, 5) is 11.4. The largest absolute Gasteiger partial charge is 0.491 e. The van der Waals surface area contributed by atoms with Gasteiger partial charge in [0.05, 0.1) is 18.9 Å². The van der Waals surface area contributed by atoms with Crippen molar-refractivity contribution >= 4 is 17.3 Å². The topological polar surface area (TPSA) is 73.6 Å². The zero-order chi connectivity index (χ0) is 13.2. The van der Waals surface area contributed by atoms with Crippen LogP contribution in [-0.4, -0.2) is 25.7 Å². The fourth-order valence-corrected chi connectivity index (χ4v) is 2.48. The Kier molecular flexibility index (Phi) is 3.29. The normalized spacial score (nSPS) is 21.9. The van der Waals surface area contributed by atoms with Gasteiger partial charge in [0.1, 0.15) is 5.75 Å². The van der Waals surface area contributed by atoms with E-state index in [4.69, 9.17) is 15.2 Å². The number of nitrogens with two attached hydrogens (primary N) is 1. The summed E-state index contributed by atoms with van der Waals surface area (Å²) in [6.45, 7) is 2.17. The van der Waals surface area contributed by atoms with E-state index in [1.807, 2.05) is 12.1 Å². The number of hydrogen-bond donors (Lipinski definition) is 2. The number of benzene rings is 1. The van der Waals surface area contributed by atoms with Crippen LogP contribution in [0.5, 0.6) is 5.75 Å². The molecule has 0 spiro atoms. The van der Waals surface area contributed by atoms with E-state index in [9.17, 15) is 4.79 Å². The van der Waals surface area contributed by atoms with Gasteiger partial charge in [-0.1, -0.05) is 0 Å². The first-order valence-electron chi connectivity index (χ1n) is 6.65. The van der Waals surface area contributed by atoms with E-state index in [1.54, 1.807) is 0 Å². The predicted octanol–water partition coefficient (Wildman–Crippen LogP) is 1.57. The number of nitrogens with one attached hydrogen (secondary N) is 1. The van der Waals surface area contributed by atoms with Crippen molar-refractivity contribution < 1.29 is 14.3 Å². The van der Waals surface area contributed by atoms with Gasteiger partial charge >= 0.3 is 0 Å². The fourth-order valence-electron chi connectivity index (χ4n) is 2.48. The Morgan fingerprint density at radius 1 is 1.42 bits per heavy atom. The molecule has 0 saturated carbocycles. The van der Waals surface area contributed by atoms with Crippen LogP contribution in [0.15, 0.2) is 12.1 Å². The Morgan fingerprint density at radius 2 is 2.32 bits per heavy atom. The van der Waals surface area contributed by atoms with Crippen LogP contribution in [0.2, 0.25) is 0 Å². The van der Waals surface area contributed by atoms with E-state index in [0.29, 0.717) is 30.4 Å². The molecule has 1 fully saturated rings. The van der Waals surface area contributed by atoms with Crippen LogP contribution in [-0.2, 0) is 16.0 Å². The fraction of sp³-hybridized carbons (Fsp3) is 0.500. The number of nitrogen functional groups attached to an aromatic ring is 1. The van der Waals surface area contributed by atoms with Crippen LogP contribution in [0, 0.1) is 5.92 Å². The molecular weight excluding hydrogens is 244 g/mol. The highest BCUT2D eigenvalue weighted by Gasteiger charge is 2.19. The van der Waals surface area contributed by atoms with Gasteiger partial charge in [-0.25, -0.2) is 0 Å². The maximum absolute atomic E-state index is 11.4. The highest BCUT2D eigenvalue weighted by atomic mass is 16.5. The first-order valence-corrected chi connectivity index (χ1v) is 6.65. The molecule has 1 atom stereocenters. The second kappa shape index (κ2) is 5.09. The number of ether oxygens (including phenoxy) is 2. The maximum Gasteiger partial charge on any atom is 0.224 e.